The SMILES string of the molecule is CCOc1ccc(S(=O)(=O)N[C@@H](C)C(=O)Nc2ccc(Cl)cc2C)cc1C. The van der Waals surface area contributed by atoms with Crippen LogP contribution in [0.25, 0.3) is 0 Å². The number of sulfonamides is 1. The van der Waals surface area contributed by atoms with Crippen molar-refractivity contribution in [1.29, 1.82) is 0 Å². The molecule has 0 radical (unpaired) electrons. The molecule has 0 aliphatic carbocycles. The van der Waals surface area contributed by atoms with Gasteiger partial charge in [0, 0.05) is 10.7 Å². The summed E-state index contributed by atoms with van der Waals surface area (Å²) in [6.45, 7) is 7.41. The summed E-state index contributed by atoms with van der Waals surface area (Å²) in [5.74, 6) is 0.159. The first-order valence-electron chi connectivity index (χ1n) is 8.47. The molecule has 1 amide bonds. The van der Waals surface area contributed by atoms with Gasteiger partial charge in [0.15, 0.2) is 0 Å². The highest BCUT2D eigenvalue weighted by Crippen LogP contribution is 2.22. The van der Waals surface area contributed by atoms with E-state index in [-0.39, 0.29) is 4.90 Å². The van der Waals surface area contributed by atoms with Gasteiger partial charge < -0.3 is 10.1 Å². The minimum Gasteiger partial charge on any atom is -0.494 e. The van der Waals surface area contributed by atoms with Crippen LogP contribution in [0.5, 0.6) is 5.75 Å². The predicted octanol–water partition coefficient (Wildman–Crippen LogP) is 3.66. The Hall–Kier alpha value is -2.09. The number of rotatable bonds is 7. The van der Waals surface area contributed by atoms with Crippen LogP contribution in [0.2, 0.25) is 5.02 Å². The molecule has 0 heterocycles. The molecule has 1 atom stereocenters. The summed E-state index contributed by atoms with van der Waals surface area (Å²) in [5, 5.41) is 3.26. The van der Waals surface area contributed by atoms with Crippen molar-refractivity contribution in [1.82, 2.24) is 4.72 Å². The van der Waals surface area contributed by atoms with Crippen molar-refractivity contribution in [2.45, 2.75) is 38.6 Å². The molecule has 0 aliphatic heterocycles. The van der Waals surface area contributed by atoms with Crippen LogP contribution in [-0.2, 0) is 14.8 Å². The number of carbonyl (C=O) groups excluding carboxylic acids is 1. The normalized spacial score (nSPS) is 12.5. The standard InChI is InChI=1S/C19H23ClN2O4S/c1-5-26-18-9-7-16(11-13(18)3)27(24,25)22-14(4)19(23)21-17-8-6-15(20)10-12(17)2/h6-11,14,22H,5H2,1-4H3,(H,21,23)/t14-/m0/s1. The number of nitrogens with one attached hydrogen (secondary N) is 2. The first-order chi connectivity index (χ1) is 12.6. The lowest BCUT2D eigenvalue weighted by Gasteiger charge is -2.16. The van der Waals surface area contributed by atoms with E-state index in [0.29, 0.717) is 28.6 Å². The van der Waals surface area contributed by atoms with Crippen LogP contribution in [-0.4, -0.2) is 27.0 Å². The van der Waals surface area contributed by atoms with Crippen LogP contribution >= 0.6 is 11.6 Å². The van der Waals surface area contributed by atoms with E-state index in [9.17, 15) is 13.2 Å². The summed E-state index contributed by atoms with van der Waals surface area (Å²) in [6.07, 6.45) is 0. The van der Waals surface area contributed by atoms with Crippen molar-refractivity contribution in [2.75, 3.05) is 11.9 Å². The molecule has 2 aromatic rings. The zero-order valence-electron chi connectivity index (χ0n) is 15.7. The van der Waals surface area contributed by atoms with Crippen LogP contribution in [0.1, 0.15) is 25.0 Å². The molecular formula is C19H23ClN2O4S. The van der Waals surface area contributed by atoms with Crippen molar-refractivity contribution in [3.8, 4) is 5.75 Å². The van der Waals surface area contributed by atoms with Crippen molar-refractivity contribution < 1.29 is 17.9 Å². The first-order valence-corrected chi connectivity index (χ1v) is 10.3. The Balaban J connectivity index is 2.12. The Labute approximate surface area is 164 Å². The number of ether oxygens (including phenoxy) is 1. The lowest BCUT2D eigenvalue weighted by Crippen LogP contribution is -2.41. The van der Waals surface area contributed by atoms with Crippen LogP contribution in [0.3, 0.4) is 0 Å². The summed E-state index contributed by atoms with van der Waals surface area (Å²) < 4.78 is 33.0. The molecule has 6 nitrogen and oxygen atoms in total. The maximum absolute atomic E-state index is 12.6. The molecule has 146 valence electrons. The molecule has 0 saturated heterocycles. The third-order valence-corrected chi connectivity index (χ3v) is 5.70. The van der Waals surface area contributed by atoms with Crippen LogP contribution in [0.4, 0.5) is 5.69 Å². The van der Waals surface area contributed by atoms with Crippen LogP contribution in [0.15, 0.2) is 41.3 Å². The van der Waals surface area contributed by atoms with Gasteiger partial charge in [-0.25, -0.2) is 8.42 Å². The molecule has 8 heteroatoms. The van der Waals surface area contributed by atoms with E-state index < -0.39 is 22.0 Å². The summed E-state index contributed by atoms with van der Waals surface area (Å²) in [7, 11) is -3.86. The molecule has 0 aromatic heterocycles. The Morgan fingerprint density at radius 2 is 1.85 bits per heavy atom. The molecule has 2 N–H and O–H groups in total. The molecule has 0 spiro atoms. The highest BCUT2D eigenvalue weighted by molar-refractivity contribution is 7.89. The zero-order chi connectivity index (χ0) is 20.2. The second kappa shape index (κ2) is 8.73. The summed E-state index contributed by atoms with van der Waals surface area (Å²) >= 11 is 5.90. The molecule has 0 fully saturated rings. The fourth-order valence-corrected chi connectivity index (χ4v) is 3.98. The number of amides is 1. The lowest BCUT2D eigenvalue weighted by molar-refractivity contribution is -0.117. The maximum Gasteiger partial charge on any atom is 0.242 e. The Bertz CT molecular complexity index is 945. The van der Waals surface area contributed by atoms with Gasteiger partial charge in [-0.2, -0.15) is 4.72 Å². The number of benzene rings is 2. The number of hydrogen-bond acceptors (Lipinski definition) is 4. The van der Waals surface area contributed by atoms with Crippen molar-refractivity contribution in [2.24, 2.45) is 0 Å². The molecule has 2 aromatic carbocycles. The number of anilines is 1. The van der Waals surface area contributed by atoms with E-state index in [1.165, 1.54) is 19.1 Å². The first kappa shape index (κ1) is 21.2. The van der Waals surface area contributed by atoms with Crippen molar-refractivity contribution in [3.63, 3.8) is 0 Å². The fourth-order valence-electron chi connectivity index (χ4n) is 2.47. The second-order valence-electron chi connectivity index (χ2n) is 6.15. The van der Waals surface area contributed by atoms with Gasteiger partial charge in [-0.15, -0.1) is 0 Å². The average molecular weight is 411 g/mol. The fraction of sp³-hybridized carbons (Fsp3) is 0.316. The van der Waals surface area contributed by atoms with Crippen molar-refractivity contribution in [3.05, 3.63) is 52.5 Å². The second-order valence-corrected chi connectivity index (χ2v) is 8.30. The van der Waals surface area contributed by atoms with E-state index in [4.69, 9.17) is 16.3 Å². The third-order valence-electron chi connectivity index (χ3n) is 3.93. The molecule has 27 heavy (non-hydrogen) atoms. The van der Waals surface area contributed by atoms with Gasteiger partial charge in [-0.3, -0.25) is 4.79 Å². The zero-order valence-corrected chi connectivity index (χ0v) is 17.2. The third kappa shape index (κ3) is 5.45. The molecular weight excluding hydrogens is 388 g/mol. The van der Waals surface area contributed by atoms with Crippen LogP contribution in [0, 0.1) is 13.8 Å². The minimum atomic E-state index is -3.86. The Morgan fingerprint density at radius 1 is 1.15 bits per heavy atom. The molecule has 0 aliphatic rings. The maximum atomic E-state index is 12.6. The topological polar surface area (TPSA) is 84.5 Å². The van der Waals surface area contributed by atoms with E-state index in [2.05, 4.69) is 10.0 Å². The van der Waals surface area contributed by atoms with E-state index >= 15 is 0 Å². The number of aryl methyl sites for hydroxylation is 2. The smallest absolute Gasteiger partial charge is 0.242 e. The molecule has 0 saturated carbocycles. The van der Waals surface area contributed by atoms with Gasteiger partial charge in [0.2, 0.25) is 15.9 Å². The van der Waals surface area contributed by atoms with E-state index in [0.717, 1.165) is 5.56 Å². The summed E-state index contributed by atoms with van der Waals surface area (Å²) in [5.41, 5.74) is 2.06. The molecule has 2 rings (SSSR count). The van der Waals surface area contributed by atoms with Gasteiger partial charge in [-0.1, -0.05) is 11.6 Å². The van der Waals surface area contributed by atoms with Gasteiger partial charge in [0.1, 0.15) is 5.75 Å². The van der Waals surface area contributed by atoms with Crippen LogP contribution < -0.4 is 14.8 Å². The van der Waals surface area contributed by atoms with Gasteiger partial charge in [0.05, 0.1) is 17.5 Å². The minimum absolute atomic E-state index is 0.0748. The van der Waals surface area contributed by atoms with Gasteiger partial charge >= 0.3 is 0 Å². The van der Waals surface area contributed by atoms with E-state index in [1.807, 2.05) is 6.92 Å². The van der Waals surface area contributed by atoms with Gasteiger partial charge in [-0.05, 0) is 75.2 Å². The Kier molecular flexibility index (Phi) is 6.86. The summed E-state index contributed by atoms with van der Waals surface area (Å²) in [6, 6.07) is 8.66. The summed E-state index contributed by atoms with van der Waals surface area (Å²) in [4.78, 5) is 12.4. The Morgan fingerprint density at radius 3 is 2.44 bits per heavy atom. The predicted molar refractivity (Wildman–Crippen MR) is 107 cm³/mol. The number of halogens is 1. The quantitative estimate of drug-likeness (QED) is 0.729. The molecule has 0 unspecified atom stereocenters. The van der Waals surface area contributed by atoms with Gasteiger partial charge in [0.25, 0.3) is 0 Å². The number of hydrogen-bond donors (Lipinski definition) is 2. The molecule has 0 bridgehead atoms. The van der Waals surface area contributed by atoms with E-state index in [1.54, 1.807) is 38.1 Å². The lowest BCUT2D eigenvalue weighted by atomic mass is 10.2. The average Bonchev–Trinajstić information content (AvgIpc) is 2.58. The number of carbonyl (C=O) groups is 1. The van der Waals surface area contributed by atoms with Crippen molar-refractivity contribution >= 4 is 33.2 Å². The highest BCUT2D eigenvalue weighted by Gasteiger charge is 2.23. The monoisotopic (exact) mass is 410 g/mol. The highest BCUT2D eigenvalue weighted by atomic mass is 35.5. The largest absolute Gasteiger partial charge is 0.494 e.